The van der Waals surface area contributed by atoms with Gasteiger partial charge in [-0.3, -0.25) is 4.79 Å². The zero-order valence-corrected chi connectivity index (χ0v) is 11.4. The highest BCUT2D eigenvalue weighted by atomic mass is 32.1. The second kappa shape index (κ2) is 6.87. The summed E-state index contributed by atoms with van der Waals surface area (Å²) in [7, 11) is 1.43. The van der Waals surface area contributed by atoms with Crippen molar-refractivity contribution in [3.05, 3.63) is 22.4 Å². The highest BCUT2D eigenvalue weighted by Crippen LogP contribution is 2.23. The van der Waals surface area contributed by atoms with Crippen molar-refractivity contribution in [3.8, 4) is 0 Å². The van der Waals surface area contributed by atoms with E-state index >= 15 is 0 Å². The molecule has 2 heterocycles. The summed E-state index contributed by atoms with van der Waals surface area (Å²) in [5, 5.41) is 5.49. The minimum Gasteiger partial charge on any atom is -0.469 e. The minimum atomic E-state index is -0.177. The summed E-state index contributed by atoms with van der Waals surface area (Å²) >= 11 is 1.66. The largest absolute Gasteiger partial charge is 0.469 e. The Kier molecular flexibility index (Phi) is 5.16. The Morgan fingerprint density at radius 1 is 1.72 bits per heavy atom. The van der Waals surface area contributed by atoms with Crippen LogP contribution in [0.25, 0.3) is 0 Å². The average molecular weight is 269 g/mol. The Bertz CT molecular complexity index is 360. The second-order valence-electron chi connectivity index (χ2n) is 4.49. The lowest BCUT2D eigenvalue weighted by Gasteiger charge is -2.18. The van der Waals surface area contributed by atoms with Crippen LogP contribution in [0.4, 0.5) is 0 Å². The first-order chi connectivity index (χ1) is 8.79. The molecule has 2 unspecified atom stereocenters. The highest BCUT2D eigenvalue weighted by Gasteiger charge is 2.21. The van der Waals surface area contributed by atoms with Crippen LogP contribution in [-0.4, -0.2) is 32.8 Å². The number of methoxy groups -OCH3 is 1. The number of thiophene rings is 1. The smallest absolute Gasteiger partial charge is 0.307 e. The van der Waals surface area contributed by atoms with Crippen molar-refractivity contribution in [2.75, 3.05) is 26.9 Å². The maximum absolute atomic E-state index is 11.4. The van der Waals surface area contributed by atoms with Gasteiger partial charge in [-0.15, -0.1) is 11.3 Å². The molecule has 1 aromatic heterocycles. The summed E-state index contributed by atoms with van der Waals surface area (Å²) < 4.78 is 10.1. The van der Waals surface area contributed by atoms with Crippen molar-refractivity contribution in [3.63, 3.8) is 0 Å². The lowest BCUT2D eigenvalue weighted by molar-refractivity contribution is -0.141. The zero-order chi connectivity index (χ0) is 12.8. The van der Waals surface area contributed by atoms with Gasteiger partial charge in [-0.25, -0.2) is 0 Å². The minimum absolute atomic E-state index is 0.0537. The van der Waals surface area contributed by atoms with Crippen LogP contribution in [0.2, 0.25) is 0 Å². The fourth-order valence-electron chi connectivity index (χ4n) is 2.07. The molecule has 0 amide bonds. The maximum atomic E-state index is 11.4. The van der Waals surface area contributed by atoms with Gasteiger partial charge >= 0.3 is 5.97 Å². The average Bonchev–Trinajstić information content (AvgIpc) is 3.06. The van der Waals surface area contributed by atoms with E-state index in [-0.39, 0.29) is 12.0 Å². The van der Waals surface area contributed by atoms with Crippen LogP contribution in [0.5, 0.6) is 0 Å². The number of nitrogens with one attached hydrogen (secondary N) is 1. The van der Waals surface area contributed by atoms with Gasteiger partial charge in [0.15, 0.2) is 0 Å². The van der Waals surface area contributed by atoms with E-state index in [0.717, 1.165) is 26.2 Å². The van der Waals surface area contributed by atoms with E-state index < -0.39 is 0 Å². The van der Waals surface area contributed by atoms with Gasteiger partial charge in [-0.2, -0.15) is 0 Å². The first kappa shape index (κ1) is 13.5. The number of ether oxygens (including phenoxy) is 2. The summed E-state index contributed by atoms with van der Waals surface area (Å²) in [6.07, 6.45) is 1.48. The van der Waals surface area contributed by atoms with Crippen LogP contribution >= 0.6 is 11.3 Å². The molecular formula is C13H19NO3S. The van der Waals surface area contributed by atoms with E-state index in [9.17, 15) is 4.79 Å². The third kappa shape index (κ3) is 3.80. The molecule has 1 saturated heterocycles. The lowest BCUT2D eigenvalue weighted by Crippen LogP contribution is -2.29. The molecule has 2 atom stereocenters. The number of rotatable bonds is 6. The Morgan fingerprint density at radius 3 is 3.22 bits per heavy atom. The molecule has 0 aliphatic carbocycles. The monoisotopic (exact) mass is 269 g/mol. The number of hydrogen-bond acceptors (Lipinski definition) is 5. The van der Waals surface area contributed by atoms with E-state index in [1.54, 1.807) is 11.3 Å². The highest BCUT2D eigenvalue weighted by molar-refractivity contribution is 7.10. The van der Waals surface area contributed by atoms with Crippen molar-refractivity contribution >= 4 is 17.3 Å². The molecule has 0 radical (unpaired) electrons. The number of hydrogen-bond donors (Lipinski definition) is 1. The topological polar surface area (TPSA) is 47.6 Å². The predicted molar refractivity (Wildman–Crippen MR) is 70.6 cm³/mol. The van der Waals surface area contributed by atoms with Crippen LogP contribution in [0.3, 0.4) is 0 Å². The van der Waals surface area contributed by atoms with Gasteiger partial charge < -0.3 is 14.8 Å². The molecule has 1 aliphatic heterocycles. The molecule has 100 valence electrons. The van der Waals surface area contributed by atoms with E-state index in [1.165, 1.54) is 12.0 Å². The molecule has 1 aliphatic rings. The van der Waals surface area contributed by atoms with Gasteiger partial charge in [-0.05, 0) is 23.8 Å². The van der Waals surface area contributed by atoms with E-state index in [1.807, 2.05) is 11.4 Å². The Morgan fingerprint density at radius 2 is 2.61 bits per heavy atom. The standard InChI is InChI=1S/C13H19NO3S/c1-16-13(15)7-11(12-3-2-6-18-12)14-8-10-4-5-17-9-10/h2-3,6,10-11,14H,4-5,7-9H2,1H3. The Hall–Kier alpha value is -0.910. The van der Waals surface area contributed by atoms with E-state index in [2.05, 4.69) is 11.4 Å². The normalized spacial score (nSPS) is 20.8. The van der Waals surface area contributed by atoms with Crippen LogP contribution in [0.15, 0.2) is 17.5 Å². The molecule has 18 heavy (non-hydrogen) atoms. The zero-order valence-electron chi connectivity index (χ0n) is 10.6. The third-order valence-electron chi connectivity index (χ3n) is 3.16. The van der Waals surface area contributed by atoms with Gasteiger partial charge in [0.25, 0.3) is 0 Å². The molecule has 0 aromatic carbocycles. The van der Waals surface area contributed by atoms with E-state index in [4.69, 9.17) is 9.47 Å². The molecule has 1 fully saturated rings. The first-order valence-electron chi connectivity index (χ1n) is 6.21. The maximum Gasteiger partial charge on any atom is 0.307 e. The fourth-order valence-corrected chi connectivity index (χ4v) is 2.87. The quantitative estimate of drug-likeness (QED) is 0.802. The van der Waals surface area contributed by atoms with Crippen LogP contribution in [0.1, 0.15) is 23.8 Å². The summed E-state index contributed by atoms with van der Waals surface area (Å²) in [5.74, 6) is 0.383. The van der Waals surface area contributed by atoms with E-state index in [0.29, 0.717) is 12.3 Å². The molecule has 5 heteroatoms. The molecule has 4 nitrogen and oxygen atoms in total. The van der Waals surface area contributed by atoms with Crippen molar-refractivity contribution < 1.29 is 14.3 Å². The fraction of sp³-hybridized carbons (Fsp3) is 0.615. The Labute approximate surface area is 111 Å². The second-order valence-corrected chi connectivity index (χ2v) is 5.47. The van der Waals surface area contributed by atoms with Crippen molar-refractivity contribution in [1.29, 1.82) is 0 Å². The molecule has 1 N–H and O–H groups in total. The van der Waals surface area contributed by atoms with Gasteiger partial charge in [0.1, 0.15) is 0 Å². The van der Waals surface area contributed by atoms with Crippen molar-refractivity contribution in [2.24, 2.45) is 5.92 Å². The molecule has 1 aromatic rings. The van der Waals surface area contributed by atoms with Gasteiger partial charge in [-0.1, -0.05) is 6.07 Å². The summed E-state index contributed by atoms with van der Waals surface area (Å²) in [6, 6.07) is 4.11. The molecule has 2 rings (SSSR count). The first-order valence-corrected chi connectivity index (χ1v) is 7.09. The van der Waals surface area contributed by atoms with Crippen molar-refractivity contribution in [1.82, 2.24) is 5.32 Å². The molecular weight excluding hydrogens is 250 g/mol. The third-order valence-corrected chi connectivity index (χ3v) is 4.15. The Balaban J connectivity index is 1.89. The predicted octanol–water partition coefficient (Wildman–Crippen LogP) is 1.98. The SMILES string of the molecule is COC(=O)CC(NCC1CCOC1)c1cccs1. The van der Waals surface area contributed by atoms with Crippen LogP contribution in [-0.2, 0) is 14.3 Å². The van der Waals surface area contributed by atoms with Gasteiger partial charge in [0.05, 0.1) is 26.2 Å². The summed E-state index contributed by atoms with van der Waals surface area (Å²) in [4.78, 5) is 12.6. The van der Waals surface area contributed by atoms with Crippen LogP contribution in [0, 0.1) is 5.92 Å². The van der Waals surface area contributed by atoms with Gasteiger partial charge in [0.2, 0.25) is 0 Å². The lowest BCUT2D eigenvalue weighted by atomic mass is 10.1. The molecule has 0 spiro atoms. The van der Waals surface area contributed by atoms with Gasteiger partial charge in [0, 0.05) is 18.0 Å². The molecule has 0 saturated carbocycles. The number of carbonyl (C=O) groups excluding carboxylic acids is 1. The summed E-state index contributed by atoms with van der Waals surface area (Å²) in [6.45, 7) is 2.56. The van der Waals surface area contributed by atoms with Crippen molar-refractivity contribution in [2.45, 2.75) is 18.9 Å². The summed E-state index contributed by atoms with van der Waals surface area (Å²) in [5.41, 5.74) is 0. The molecule has 0 bridgehead atoms. The van der Waals surface area contributed by atoms with Crippen LogP contribution < -0.4 is 5.32 Å². The number of carbonyl (C=O) groups is 1. The number of esters is 1.